The number of rotatable bonds is 2. The lowest BCUT2D eigenvalue weighted by atomic mass is 10.0. The summed E-state index contributed by atoms with van der Waals surface area (Å²) < 4.78 is 2.46. The van der Waals surface area contributed by atoms with E-state index in [0.717, 1.165) is 38.2 Å². The van der Waals surface area contributed by atoms with E-state index in [1.807, 2.05) is 6.20 Å². The number of hydrogen-bond donors (Lipinski definition) is 2. The molecule has 0 bridgehead atoms. The van der Waals surface area contributed by atoms with Crippen LogP contribution >= 0.6 is 0 Å². The van der Waals surface area contributed by atoms with Gasteiger partial charge in [-0.15, -0.1) is 0 Å². The van der Waals surface area contributed by atoms with Gasteiger partial charge in [0.25, 0.3) is 0 Å². The van der Waals surface area contributed by atoms with E-state index in [0.29, 0.717) is 0 Å². The number of nitrogens with zero attached hydrogens (tertiary/aromatic N) is 2. The van der Waals surface area contributed by atoms with Crippen molar-refractivity contribution >= 4 is 5.57 Å². The van der Waals surface area contributed by atoms with Crippen LogP contribution in [0.4, 0.5) is 0 Å². The quantitative estimate of drug-likeness (QED) is 0.879. The fourth-order valence-corrected chi connectivity index (χ4v) is 3.32. The molecular weight excluding hydrogens is 248 g/mol. The first-order valence-corrected chi connectivity index (χ1v) is 7.56. The van der Waals surface area contributed by atoms with Crippen molar-refractivity contribution in [1.29, 1.82) is 0 Å². The normalized spacial score (nSPS) is 18.7. The van der Waals surface area contributed by atoms with E-state index >= 15 is 0 Å². The first-order chi connectivity index (χ1) is 9.93. The standard InChI is InChI=1S/C16H20N4/c1-2-10-20-14(3-1)19-15(13-6-9-18-11-13)16(20)12-4-7-17-8-5-12/h4,6,9,11,17-18H,1-3,5,7-8,10H2. The van der Waals surface area contributed by atoms with Crippen LogP contribution in [0.5, 0.6) is 0 Å². The molecule has 4 nitrogen and oxygen atoms in total. The van der Waals surface area contributed by atoms with E-state index in [1.165, 1.54) is 35.5 Å². The molecule has 0 fully saturated rings. The summed E-state index contributed by atoms with van der Waals surface area (Å²) in [5, 5.41) is 3.40. The lowest BCUT2D eigenvalue weighted by Crippen LogP contribution is -2.22. The molecule has 2 N–H and O–H groups in total. The summed E-state index contributed by atoms with van der Waals surface area (Å²) in [6.45, 7) is 3.16. The highest BCUT2D eigenvalue weighted by Gasteiger charge is 2.23. The van der Waals surface area contributed by atoms with Crippen LogP contribution in [0, 0.1) is 0 Å². The van der Waals surface area contributed by atoms with Crippen LogP contribution in [-0.2, 0) is 13.0 Å². The highest BCUT2D eigenvalue weighted by Crippen LogP contribution is 2.33. The van der Waals surface area contributed by atoms with E-state index in [4.69, 9.17) is 4.98 Å². The van der Waals surface area contributed by atoms with Crippen molar-refractivity contribution in [3.8, 4) is 11.3 Å². The molecule has 0 aliphatic carbocycles. The van der Waals surface area contributed by atoms with Gasteiger partial charge in [0.1, 0.15) is 5.82 Å². The molecular formula is C16H20N4. The second-order valence-corrected chi connectivity index (χ2v) is 5.62. The molecule has 4 heteroatoms. The molecule has 0 radical (unpaired) electrons. The number of aromatic amines is 1. The van der Waals surface area contributed by atoms with Crippen LogP contribution in [0.2, 0.25) is 0 Å². The molecule has 104 valence electrons. The minimum atomic E-state index is 0.975. The SMILES string of the molecule is C1=C(c2c(-c3cc[nH]c3)nc3n2CCCC3)CCNC1. The second kappa shape index (κ2) is 4.94. The number of H-pyrrole nitrogens is 1. The Bertz CT molecular complexity index is 634. The van der Waals surface area contributed by atoms with Crippen LogP contribution < -0.4 is 5.32 Å². The van der Waals surface area contributed by atoms with Crippen molar-refractivity contribution < 1.29 is 0 Å². The summed E-state index contributed by atoms with van der Waals surface area (Å²) in [4.78, 5) is 8.11. The molecule has 2 aliphatic heterocycles. The van der Waals surface area contributed by atoms with Crippen molar-refractivity contribution in [2.45, 2.75) is 32.2 Å². The maximum absolute atomic E-state index is 4.95. The highest BCUT2D eigenvalue weighted by molar-refractivity contribution is 5.78. The molecule has 0 unspecified atom stereocenters. The zero-order chi connectivity index (χ0) is 13.4. The molecule has 0 atom stereocenters. The molecule has 0 saturated heterocycles. The van der Waals surface area contributed by atoms with Crippen LogP contribution in [0.15, 0.2) is 24.5 Å². The Balaban J connectivity index is 1.89. The van der Waals surface area contributed by atoms with Gasteiger partial charge in [0.15, 0.2) is 0 Å². The molecule has 0 saturated carbocycles. The molecule has 0 aromatic carbocycles. The molecule has 0 amide bonds. The fourth-order valence-electron chi connectivity index (χ4n) is 3.32. The molecule has 0 spiro atoms. The van der Waals surface area contributed by atoms with Crippen LogP contribution in [0.3, 0.4) is 0 Å². The topological polar surface area (TPSA) is 45.6 Å². The summed E-state index contributed by atoms with van der Waals surface area (Å²) >= 11 is 0. The molecule has 20 heavy (non-hydrogen) atoms. The Morgan fingerprint density at radius 1 is 1.20 bits per heavy atom. The fraction of sp³-hybridized carbons (Fsp3) is 0.438. The minimum Gasteiger partial charge on any atom is -0.367 e. The zero-order valence-corrected chi connectivity index (χ0v) is 11.7. The first kappa shape index (κ1) is 12.0. The van der Waals surface area contributed by atoms with E-state index in [1.54, 1.807) is 0 Å². The van der Waals surface area contributed by atoms with Gasteiger partial charge < -0.3 is 14.9 Å². The second-order valence-electron chi connectivity index (χ2n) is 5.62. The molecule has 2 aliphatic rings. The Morgan fingerprint density at radius 3 is 3.00 bits per heavy atom. The number of fused-ring (bicyclic) bond motifs is 1. The van der Waals surface area contributed by atoms with Crippen LogP contribution in [0.25, 0.3) is 16.8 Å². The summed E-state index contributed by atoms with van der Waals surface area (Å²) in [6.07, 6.45) is 11.1. The molecule has 2 aromatic heterocycles. The van der Waals surface area contributed by atoms with Crippen LogP contribution in [-0.4, -0.2) is 27.6 Å². The van der Waals surface area contributed by atoms with Gasteiger partial charge in [0.2, 0.25) is 0 Å². The van der Waals surface area contributed by atoms with Gasteiger partial charge in [-0.2, -0.15) is 0 Å². The monoisotopic (exact) mass is 268 g/mol. The first-order valence-electron chi connectivity index (χ1n) is 7.56. The lowest BCUT2D eigenvalue weighted by molar-refractivity contribution is 0.517. The van der Waals surface area contributed by atoms with Gasteiger partial charge in [-0.3, -0.25) is 0 Å². The number of imidazole rings is 1. The van der Waals surface area contributed by atoms with Crippen molar-refractivity contribution in [2.75, 3.05) is 13.1 Å². The number of hydrogen-bond acceptors (Lipinski definition) is 2. The summed E-state index contributed by atoms with van der Waals surface area (Å²) in [7, 11) is 0. The molecule has 4 rings (SSSR count). The number of aryl methyl sites for hydroxylation is 1. The van der Waals surface area contributed by atoms with Crippen molar-refractivity contribution in [1.82, 2.24) is 19.9 Å². The maximum Gasteiger partial charge on any atom is 0.109 e. The van der Waals surface area contributed by atoms with Gasteiger partial charge in [0, 0.05) is 37.5 Å². The van der Waals surface area contributed by atoms with Gasteiger partial charge in [-0.25, -0.2) is 4.98 Å². The van der Waals surface area contributed by atoms with E-state index in [2.05, 4.69) is 33.2 Å². The van der Waals surface area contributed by atoms with Gasteiger partial charge in [-0.1, -0.05) is 6.08 Å². The van der Waals surface area contributed by atoms with Crippen LogP contribution in [0.1, 0.15) is 30.8 Å². The summed E-state index contributed by atoms with van der Waals surface area (Å²) in [6, 6.07) is 2.12. The highest BCUT2D eigenvalue weighted by atomic mass is 15.1. The smallest absolute Gasteiger partial charge is 0.109 e. The maximum atomic E-state index is 4.95. The average molecular weight is 268 g/mol. The van der Waals surface area contributed by atoms with Crippen molar-refractivity contribution in [2.24, 2.45) is 0 Å². The Hall–Kier alpha value is -1.81. The van der Waals surface area contributed by atoms with Gasteiger partial charge >= 0.3 is 0 Å². The van der Waals surface area contributed by atoms with E-state index < -0.39 is 0 Å². The third-order valence-corrected chi connectivity index (χ3v) is 4.32. The third-order valence-electron chi connectivity index (χ3n) is 4.32. The van der Waals surface area contributed by atoms with E-state index in [9.17, 15) is 0 Å². The Labute approximate surface area is 118 Å². The summed E-state index contributed by atoms with van der Waals surface area (Å²) in [5.41, 5.74) is 5.19. The minimum absolute atomic E-state index is 0.975. The average Bonchev–Trinajstić information content (AvgIpc) is 3.15. The Morgan fingerprint density at radius 2 is 2.20 bits per heavy atom. The molecule has 4 heterocycles. The Kier molecular flexibility index (Phi) is 2.96. The van der Waals surface area contributed by atoms with E-state index in [-0.39, 0.29) is 0 Å². The van der Waals surface area contributed by atoms with Crippen molar-refractivity contribution in [3.63, 3.8) is 0 Å². The summed E-state index contributed by atoms with van der Waals surface area (Å²) in [5.74, 6) is 1.27. The lowest BCUT2D eigenvalue weighted by Gasteiger charge is -2.20. The predicted molar refractivity (Wildman–Crippen MR) is 80.4 cm³/mol. The zero-order valence-electron chi connectivity index (χ0n) is 11.7. The largest absolute Gasteiger partial charge is 0.367 e. The third kappa shape index (κ3) is 1.91. The van der Waals surface area contributed by atoms with Gasteiger partial charge in [0.05, 0.1) is 11.4 Å². The predicted octanol–water partition coefficient (Wildman–Crippen LogP) is 2.59. The van der Waals surface area contributed by atoms with Crippen molar-refractivity contribution in [3.05, 3.63) is 36.1 Å². The number of aromatic nitrogens is 3. The van der Waals surface area contributed by atoms with Gasteiger partial charge in [-0.05, 0) is 37.4 Å². The number of nitrogens with one attached hydrogen (secondary N) is 2. The molecule has 2 aromatic rings.